The van der Waals surface area contributed by atoms with Crippen LogP contribution >= 0.6 is 0 Å². The number of nitrogens with one attached hydrogen (secondary N) is 2. The highest BCUT2D eigenvalue weighted by Gasteiger charge is 2.21. The molecule has 1 unspecified atom stereocenters. The van der Waals surface area contributed by atoms with Crippen LogP contribution in [0.15, 0.2) is 12.4 Å². The maximum absolute atomic E-state index is 11.8. The summed E-state index contributed by atoms with van der Waals surface area (Å²) in [6, 6.07) is 2.00. The molecule has 1 fully saturated rings. The van der Waals surface area contributed by atoms with Crippen LogP contribution in [-0.4, -0.2) is 55.8 Å². The van der Waals surface area contributed by atoms with Crippen molar-refractivity contribution in [1.29, 1.82) is 0 Å². The number of amides is 1. The van der Waals surface area contributed by atoms with Crippen molar-refractivity contribution in [2.75, 3.05) is 50.1 Å². The van der Waals surface area contributed by atoms with Crippen LogP contribution < -0.4 is 15.5 Å². The number of methoxy groups -OCH3 is 1. The topological polar surface area (TPSA) is 79.4 Å². The summed E-state index contributed by atoms with van der Waals surface area (Å²) in [6.45, 7) is 6.01. The molecule has 1 aromatic heterocycles. The molecule has 0 spiro atoms. The Bertz CT molecular complexity index is 512. The lowest BCUT2D eigenvalue weighted by Crippen LogP contribution is -2.36. The van der Waals surface area contributed by atoms with Crippen LogP contribution in [0.4, 0.5) is 11.6 Å². The molecule has 134 valence electrons. The van der Waals surface area contributed by atoms with Crippen LogP contribution in [0.2, 0.25) is 0 Å². The second kappa shape index (κ2) is 10.1. The van der Waals surface area contributed by atoms with Crippen molar-refractivity contribution < 1.29 is 9.53 Å². The number of piperidine rings is 1. The summed E-state index contributed by atoms with van der Waals surface area (Å²) in [5.41, 5.74) is 0. The van der Waals surface area contributed by atoms with Gasteiger partial charge in [0, 0.05) is 45.8 Å². The normalized spacial score (nSPS) is 17.6. The zero-order chi connectivity index (χ0) is 17.2. The van der Waals surface area contributed by atoms with Crippen LogP contribution in [0.1, 0.15) is 32.6 Å². The zero-order valence-electron chi connectivity index (χ0n) is 14.8. The molecule has 1 aliphatic heterocycles. The van der Waals surface area contributed by atoms with Crippen molar-refractivity contribution in [2.24, 2.45) is 5.92 Å². The smallest absolute Gasteiger partial charge is 0.220 e. The Morgan fingerprint density at radius 1 is 1.46 bits per heavy atom. The number of aromatic nitrogens is 2. The van der Waals surface area contributed by atoms with Gasteiger partial charge in [0.05, 0.1) is 6.61 Å². The van der Waals surface area contributed by atoms with E-state index in [1.165, 1.54) is 6.42 Å². The molecule has 24 heavy (non-hydrogen) atoms. The molecule has 7 nitrogen and oxygen atoms in total. The summed E-state index contributed by atoms with van der Waals surface area (Å²) in [4.78, 5) is 22.8. The Kier molecular flexibility index (Phi) is 7.74. The largest absolute Gasteiger partial charge is 0.383 e. The first-order valence-electron chi connectivity index (χ1n) is 8.79. The monoisotopic (exact) mass is 335 g/mol. The SMILES string of the molecule is CCNc1cc(N2CCCC(CCC(=O)NCCOC)C2)ncn1. The van der Waals surface area contributed by atoms with Gasteiger partial charge < -0.3 is 20.3 Å². The van der Waals surface area contributed by atoms with Gasteiger partial charge in [-0.2, -0.15) is 0 Å². The number of hydrogen-bond acceptors (Lipinski definition) is 6. The van der Waals surface area contributed by atoms with Gasteiger partial charge in [-0.15, -0.1) is 0 Å². The zero-order valence-corrected chi connectivity index (χ0v) is 14.8. The van der Waals surface area contributed by atoms with E-state index in [-0.39, 0.29) is 5.91 Å². The maximum Gasteiger partial charge on any atom is 0.220 e. The summed E-state index contributed by atoms with van der Waals surface area (Å²) in [5, 5.41) is 6.10. The van der Waals surface area contributed by atoms with Gasteiger partial charge in [-0.3, -0.25) is 4.79 Å². The molecule has 0 saturated carbocycles. The lowest BCUT2D eigenvalue weighted by molar-refractivity contribution is -0.121. The van der Waals surface area contributed by atoms with Crippen LogP contribution in [-0.2, 0) is 9.53 Å². The van der Waals surface area contributed by atoms with E-state index < -0.39 is 0 Å². The lowest BCUT2D eigenvalue weighted by Gasteiger charge is -2.33. The minimum absolute atomic E-state index is 0.112. The fourth-order valence-corrected chi connectivity index (χ4v) is 3.02. The third-order valence-electron chi connectivity index (χ3n) is 4.26. The molecule has 2 heterocycles. The molecular weight excluding hydrogens is 306 g/mol. The number of hydrogen-bond donors (Lipinski definition) is 2. The van der Waals surface area contributed by atoms with E-state index in [0.29, 0.717) is 25.5 Å². The van der Waals surface area contributed by atoms with Crippen molar-refractivity contribution in [2.45, 2.75) is 32.6 Å². The number of ether oxygens (including phenoxy) is 1. The van der Waals surface area contributed by atoms with E-state index in [1.54, 1.807) is 13.4 Å². The molecule has 1 saturated heterocycles. The van der Waals surface area contributed by atoms with Gasteiger partial charge in [-0.1, -0.05) is 0 Å². The molecule has 0 radical (unpaired) electrons. The average molecular weight is 335 g/mol. The third kappa shape index (κ3) is 5.96. The summed E-state index contributed by atoms with van der Waals surface area (Å²) >= 11 is 0. The van der Waals surface area contributed by atoms with Gasteiger partial charge in [-0.05, 0) is 32.1 Å². The molecular formula is C17H29N5O2. The highest BCUT2D eigenvalue weighted by molar-refractivity contribution is 5.75. The second-order valence-electron chi connectivity index (χ2n) is 6.13. The predicted octanol–water partition coefficient (Wildman–Crippen LogP) is 1.67. The Morgan fingerprint density at radius 3 is 3.12 bits per heavy atom. The van der Waals surface area contributed by atoms with Gasteiger partial charge in [0.25, 0.3) is 0 Å². The van der Waals surface area contributed by atoms with Gasteiger partial charge in [0.15, 0.2) is 0 Å². The molecule has 0 aliphatic carbocycles. The minimum Gasteiger partial charge on any atom is -0.383 e. The molecule has 2 rings (SSSR count). The lowest BCUT2D eigenvalue weighted by atomic mass is 9.93. The fraction of sp³-hybridized carbons (Fsp3) is 0.706. The highest BCUT2D eigenvalue weighted by atomic mass is 16.5. The van der Waals surface area contributed by atoms with Crippen LogP contribution in [0.3, 0.4) is 0 Å². The standard InChI is InChI=1S/C17H29N5O2/c1-3-18-15-11-16(21-13-20-15)22-9-4-5-14(12-22)6-7-17(23)19-8-10-24-2/h11,13-14H,3-10,12H2,1-2H3,(H,19,23)(H,18,20,21). The molecule has 7 heteroatoms. The first-order chi connectivity index (χ1) is 11.7. The van der Waals surface area contributed by atoms with Crippen molar-refractivity contribution in [3.63, 3.8) is 0 Å². The van der Waals surface area contributed by atoms with Crippen LogP contribution in [0, 0.1) is 5.92 Å². The minimum atomic E-state index is 0.112. The van der Waals surface area contributed by atoms with E-state index in [1.807, 2.05) is 6.07 Å². The van der Waals surface area contributed by atoms with Gasteiger partial charge in [0.2, 0.25) is 5.91 Å². The maximum atomic E-state index is 11.8. The molecule has 1 atom stereocenters. The molecule has 1 amide bonds. The number of rotatable bonds is 9. The predicted molar refractivity (Wildman–Crippen MR) is 95.3 cm³/mol. The summed E-state index contributed by atoms with van der Waals surface area (Å²) in [7, 11) is 1.64. The molecule has 2 N–H and O–H groups in total. The fourth-order valence-electron chi connectivity index (χ4n) is 3.02. The Labute approximate surface area is 144 Å². The summed E-state index contributed by atoms with van der Waals surface area (Å²) < 4.78 is 4.94. The highest BCUT2D eigenvalue weighted by Crippen LogP contribution is 2.25. The number of carbonyl (C=O) groups is 1. The summed E-state index contributed by atoms with van der Waals surface area (Å²) in [6.07, 6.45) is 5.42. The van der Waals surface area contributed by atoms with Crippen molar-refractivity contribution in [3.05, 3.63) is 12.4 Å². The van der Waals surface area contributed by atoms with Crippen molar-refractivity contribution >= 4 is 17.5 Å². The van der Waals surface area contributed by atoms with E-state index in [0.717, 1.165) is 44.1 Å². The first-order valence-corrected chi connectivity index (χ1v) is 8.79. The molecule has 1 aliphatic rings. The molecule has 0 bridgehead atoms. The Morgan fingerprint density at radius 2 is 2.33 bits per heavy atom. The van der Waals surface area contributed by atoms with Gasteiger partial charge in [-0.25, -0.2) is 9.97 Å². The molecule has 0 aromatic carbocycles. The third-order valence-corrected chi connectivity index (χ3v) is 4.26. The van der Waals surface area contributed by atoms with E-state index >= 15 is 0 Å². The molecule has 1 aromatic rings. The Balaban J connectivity index is 1.81. The van der Waals surface area contributed by atoms with Gasteiger partial charge >= 0.3 is 0 Å². The van der Waals surface area contributed by atoms with Gasteiger partial charge in [0.1, 0.15) is 18.0 Å². The van der Waals surface area contributed by atoms with Crippen molar-refractivity contribution in [1.82, 2.24) is 15.3 Å². The van der Waals surface area contributed by atoms with Crippen LogP contribution in [0.5, 0.6) is 0 Å². The second-order valence-corrected chi connectivity index (χ2v) is 6.13. The van der Waals surface area contributed by atoms with Crippen molar-refractivity contribution in [3.8, 4) is 0 Å². The van der Waals surface area contributed by atoms with E-state index in [4.69, 9.17) is 4.74 Å². The number of carbonyl (C=O) groups excluding carboxylic acids is 1. The summed E-state index contributed by atoms with van der Waals surface area (Å²) in [5.74, 6) is 2.47. The quantitative estimate of drug-likeness (QED) is 0.668. The van der Waals surface area contributed by atoms with E-state index in [9.17, 15) is 4.79 Å². The Hall–Kier alpha value is -1.89. The van der Waals surface area contributed by atoms with Crippen LogP contribution in [0.25, 0.3) is 0 Å². The number of nitrogens with zero attached hydrogens (tertiary/aromatic N) is 3. The average Bonchev–Trinajstić information content (AvgIpc) is 2.61. The number of anilines is 2. The van der Waals surface area contributed by atoms with E-state index in [2.05, 4.69) is 32.4 Å². The first kappa shape index (κ1) is 18.4.